The lowest BCUT2D eigenvalue weighted by Gasteiger charge is -2.21. The van der Waals surface area contributed by atoms with E-state index in [4.69, 9.17) is 5.73 Å². The first-order valence-corrected chi connectivity index (χ1v) is 5.27. The first-order valence-electron chi connectivity index (χ1n) is 5.27. The number of nitrogens with two attached hydrogens (primary N) is 1. The number of anilines is 1. The third-order valence-corrected chi connectivity index (χ3v) is 2.94. The Bertz CT molecular complexity index is 491. The highest BCUT2D eigenvalue weighted by molar-refractivity contribution is 5.19. The second-order valence-corrected chi connectivity index (χ2v) is 3.97. The van der Waals surface area contributed by atoms with Crippen LogP contribution in [0.4, 0.5) is 5.95 Å². The first-order chi connectivity index (χ1) is 7.83. The van der Waals surface area contributed by atoms with Gasteiger partial charge in [-0.1, -0.05) is 0 Å². The van der Waals surface area contributed by atoms with Crippen molar-refractivity contribution in [2.45, 2.75) is 25.3 Å². The molecule has 0 amide bonds. The van der Waals surface area contributed by atoms with Crippen molar-refractivity contribution in [1.29, 1.82) is 0 Å². The van der Waals surface area contributed by atoms with Crippen molar-refractivity contribution in [3.05, 3.63) is 30.1 Å². The van der Waals surface area contributed by atoms with Crippen LogP contribution in [0.2, 0.25) is 0 Å². The summed E-state index contributed by atoms with van der Waals surface area (Å²) in [5.74, 6) is 1.75. The van der Waals surface area contributed by atoms with Gasteiger partial charge in [0, 0.05) is 25.4 Å². The normalized spacial score (nSPS) is 19.4. The number of hydrogen-bond donors (Lipinski definition) is 1. The molecule has 6 nitrogen and oxygen atoms in total. The third-order valence-electron chi connectivity index (χ3n) is 2.94. The smallest absolute Gasteiger partial charge is 0.239 e. The van der Waals surface area contributed by atoms with Gasteiger partial charge in [-0.2, -0.15) is 4.98 Å². The van der Waals surface area contributed by atoms with Crippen LogP contribution in [0.25, 0.3) is 0 Å². The maximum atomic E-state index is 5.57. The molecule has 0 spiro atoms. The molecule has 1 unspecified atom stereocenters. The Hall–Kier alpha value is -1.98. The lowest BCUT2D eigenvalue weighted by atomic mass is 9.92. The molecule has 0 aliphatic carbocycles. The number of aromatic nitrogens is 5. The van der Waals surface area contributed by atoms with Crippen LogP contribution in [0, 0.1) is 0 Å². The van der Waals surface area contributed by atoms with Crippen LogP contribution < -0.4 is 5.73 Å². The van der Waals surface area contributed by atoms with Crippen LogP contribution in [0.15, 0.2) is 18.7 Å². The van der Waals surface area contributed by atoms with E-state index in [2.05, 4.69) is 20.1 Å². The highest BCUT2D eigenvalue weighted by Crippen LogP contribution is 2.27. The van der Waals surface area contributed by atoms with Gasteiger partial charge in [-0.3, -0.25) is 0 Å². The molecule has 1 atom stereocenters. The minimum Gasteiger partial charge on any atom is -0.366 e. The van der Waals surface area contributed by atoms with Gasteiger partial charge < -0.3 is 5.73 Å². The predicted molar refractivity (Wildman–Crippen MR) is 57.5 cm³/mol. The summed E-state index contributed by atoms with van der Waals surface area (Å²) in [4.78, 5) is 12.3. The van der Waals surface area contributed by atoms with E-state index in [1.165, 1.54) is 0 Å². The number of nitrogens with zero attached hydrogens (tertiary/aromatic N) is 5. The maximum absolute atomic E-state index is 5.57. The van der Waals surface area contributed by atoms with Crippen molar-refractivity contribution in [3.63, 3.8) is 0 Å². The quantitative estimate of drug-likeness (QED) is 0.745. The average molecular weight is 216 g/mol. The molecule has 0 bridgehead atoms. The fourth-order valence-electron chi connectivity index (χ4n) is 2.13. The second kappa shape index (κ2) is 3.55. The van der Waals surface area contributed by atoms with E-state index >= 15 is 0 Å². The van der Waals surface area contributed by atoms with Gasteiger partial charge in [0.05, 0.1) is 0 Å². The molecule has 2 aromatic rings. The first kappa shape index (κ1) is 9.26. The van der Waals surface area contributed by atoms with Crippen molar-refractivity contribution >= 4 is 5.95 Å². The van der Waals surface area contributed by atoms with Crippen LogP contribution in [0.1, 0.15) is 23.7 Å². The fourth-order valence-corrected chi connectivity index (χ4v) is 2.13. The molecule has 0 fully saturated rings. The van der Waals surface area contributed by atoms with E-state index in [1.807, 2.05) is 17.1 Å². The molecule has 1 aliphatic rings. The molecule has 0 radical (unpaired) electrons. The SMILES string of the molecule is Nc1nc2n(n1)CCC(c1cncnc1)C2. The molecule has 0 aromatic carbocycles. The molecule has 0 saturated heterocycles. The van der Waals surface area contributed by atoms with Crippen molar-refractivity contribution in [2.75, 3.05) is 5.73 Å². The Morgan fingerprint density at radius 3 is 2.94 bits per heavy atom. The zero-order chi connectivity index (χ0) is 11.0. The fraction of sp³-hybridized carbons (Fsp3) is 0.400. The van der Waals surface area contributed by atoms with Crippen LogP contribution in [0.3, 0.4) is 0 Å². The van der Waals surface area contributed by atoms with E-state index in [0.717, 1.165) is 30.8 Å². The molecular formula is C10H12N6. The maximum Gasteiger partial charge on any atom is 0.239 e. The molecule has 0 saturated carbocycles. The Morgan fingerprint density at radius 1 is 1.31 bits per heavy atom. The standard InChI is InChI=1S/C10H12N6/c11-10-14-9-3-7(1-2-16(9)15-10)8-4-12-6-13-5-8/h4-7H,1-3H2,(H2,11,15). The Labute approximate surface area is 92.5 Å². The molecule has 6 heteroatoms. The summed E-state index contributed by atoms with van der Waals surface area (Å²) in [7, 11) is 0. The monoisotopic (exact) mass is 216 g/mol. The van der Waals surface area contributed by atoms with E-state index < -0.39 is 0 Å². The zero-order valence-electron chi connectivity index (χ0n) is 8.74. The van der Waals surface area contributed by atoms with E-state index in [9.17, 15) is 0 Å². The van der Waals surface area contributed by atoms with Gasteiger partial charge in [0.15, 0.2) is 0 Å². The summed E-state index contributed by atoms with van der Waals surface area (Å²) in [5, 5.41) is 4.13. The molecular weight excluding hydrogens is 204 g/mol. The molecule has 82 valence electrons. The van der Waals surface area contributed by atoms with Gasteiger partial charge in [0.2, 0.25) is 5.95 Å². The van der Waals surface area contributed by atoms with Gasteiger partial charge in [-0.05, 0) is 17.9 Å². The average Bonchev–Trinajstić information content (AvgIpc) is 2.69. The Morgan fingerprint density at radius 2 is 2.12 bits per heavy atom. The van der Waals surface area contributed by atoms with Crippen LogP contribution in [-0.2, 0) is 13.0 Å². The lowest BCUT2D eigenvalue weighted by molar-refractivity contribution is 0.433. The number of rotatable bonds is 1. The third kappa shape index (κ3) is 1.52. The molecule has 3 rings (SSSR count). The van der Waals surface area contributed by atoms with Crippen molar-refractivity contribution in [2.24, 2.45) is 0 Å². The van der Waals surface area contributed by atoms with Gasteiger partial charge in [0.25, 0.3) is 0 Å². The van der Waals surface area contributed by atoms with Crippen molar-refractivity contribution in [3.8, 4) is 0 Å². The largest absolute Gasteiger partial charge is 0.366 e. The van der Waals surface area contributed by atoms with Gasteiger partial charge in [0.1, 0.15) is 12.2 Å². The summed E-state index contributed by atoms with van der Waals surface area (Å²) in [6.45, 7) is 0.860. The zero-order valence-corrected chi connectivity index (χ0v) is 8.74. The summed E-state index contributed by atoms with van der Waals surface area (Å²) in [5.41, 5.74) is 6.74. The summed E-state index contributed by atoms with van der Waals surface area (Å²) in [6, 6.07) is 0. The highest BCUT2D eigenvalue weighted by atomic mass is 15.4. The molecule has 16 heavy (non-hydrogen) atoms. The van der Waals surface area contributed by atoms with Gasteiger partial charge in [-0.15, -0.1) is 5.10 Å². The Kier molecular flexibility index (Phi) is 2.05. The van der Waals surface area contributed by atoms with Crippen LogP contribution >= 0.6 is 0 Å². The summed E-state index contributed by atoms with van der Waals surface area (Å²) in [6.07, 6.45) is 7.17. The Balaban J connectivity index is 1.88. The number of aryl methyl sites for hydroxylation is 1. The second-order valence-electron chi connectivity index (χ2n) is 3.97. The van der Waals surface area contributed by atoms with Crippen molar-refractivity contribution < 1.29 is 0 Å². The van der Waals surface area contributed by atoms with Crippen molar-refractivity contribution in [1.82, 2.24) is 24.7 Å². The van der Waals surface area contributed by atoms with E-state index in [-0.39, 0.29) is 0 Å². The molecule has 3 heterocycles. The predicted octanol–water partition coefficient (Wildman–Crippen LogP) is 0.380. The number of hydrogen-bond acceptors (Lipinski definition) is 5. The topological polar surface area (TPSA) is 82.5 Å². The lowest BCUT2D eigenvalue weighted by Crippen LogP contribution is -2.19. The minimum absolute atomic E-state index is 0.361. The van der Waals surface area contributed by atoms with E-state index in [1.54, 1.807) is 6.33 Å². The molecule has 1 aliphatic heterocycles. The molecule has 2 aromatic heterocycles. The number of fused-ring (bicyclic) bond motifs is 1. The highest BCUT2D eigenvalue weighted by Gasteiger charge is 2.22. The van der Waals surface area contributed by atoms with E-state index in [0.29, 0.717) is 11.9 Å². The number of nitrogen functional groups attached to an aromatic ring is 1. The van der Waals surface area contributed by atoms with Gasteiger partial charge in [-0.25, -0.2) is 14.6 Å². The minimum atomic E-state index is 0.361. The summed E-state index contributed by atoms with van der Waals surface area (Å²) < 4.78 is 1.88. The van der Waals surface area contributed by atoms with Crippen LogP contribution in [0.5, 0.6) is 0 Å². The molecule has 2 N–H and O–H groups in total. The van der Waals surface area contributed by atoms with Crippen LogP contribution in [-0.4, -0.2) is 24.7 Å². The summed E-state index contributed by atoms with van der Waals surface area (Å²) >= 11 is 0. The van der Waals surface area contributed by atoms with Gasteiger partial charge >= 0.3 is 0 Å².